The quantitative estimate of drug-likeness (QED) is 0.891. The summed E-state index contributed by atoms with van der Waals surface area (Å²) in [5, 5.41) is 9.27. The molecule has 106 valence electrons. The van der Waals surface area contributed by atoms with Gasteiger partial charge in [0.05, 0.1) is 5.01 Å². The Hall–Kier alpha value is -0.940. The molecular formula is C14H23N3OS. The van der Waals surface area contributed by atoms with Crippen LogP contribution in [0.3, 0.4) is 0 Å². The Morgan fingerprint density at radius 3 is 2.79 bits per heavy atom. The van der Waals surface area contributed by atoms with E-state index in [1.54, 1.807) is 11.3 Å². The van der Waals surface area contributed by atoms with Gasteiger partial charge in [-0.05, 0) is 31.3 Å². The summed E-state index contributed by atoms with van der Waals surface area (Å²) < 4.78 is 0. The van der Waals surface area contributed by atoms with Crippen molar-refractivity contribution in [3.05, 3.63) is 16.1 Å². The number of carbonyl (C=O) groups is 1. The molecule has 0 bridgehead atoms. The predicted molar refractivity (Wildman–Crippen MR) is 78.7 cm³/mol. The van der Waals surface area contributed by atoms with Crippen molar-refractivity contribution in [1.82, 2.24) is 15.6 Å². The second-order valence-electron chi connectivity index (χ2n) is 5.97. The van der Waals surface area contributed by atoms with Gasteiger partial charge >= 0.3 is 0 Å². The highest BCUT2D eigenvalue weighted by molar-refractivity contribution is 7.09. The number of rotatable bonds is 4. The normalized spacial score (nSPS) is 18.5. The van der Waals surface area contributed by atoms with Gasteiger partial charge in [-0.1, -0.05) is 20.8 Å². The van der Waals surface area contributed by atoms with Crippen molar-refractivity contribution < 1.29 is 4.79 Å². The minimum atomic E-state index is -0.0390. The number of aromatic nitrogens is 1. The van der Waals surface area contributed by atoms with Crippen LogP contribution in [0.1, 0.15) is 55.0 Å². The van der Waals surface area contributed by atoms with E-state index in [1.807, 2.05) is 5.38 Å². The highest BCUT2D eigenvalue weighted by atomic mass is 32.1. The first-order chi connectivity index (χ1) is 9.00. The number of thiazole rings is 1. The number of carbonyl (C=O) groups excluding carboxylic acids is 1. The number of nitrogens with one attached hydrogen (secondary N) is 2. The maximum Gasteiger partial charge on any atom is 0.270 e. The highest BCUT2D eigenvalue weighted by Gasteiger charge is 2.27. The van der Waals surface area contributed by atoms with Gasteiger partial charge in [0.25, 0.3) is 5.91 Å². The molecule has 2 rings (SSSR count). The Bertz CT molecular complexity index is 436. The van der Waals surface area contributed by atoms with Crippen LogP contribution in [0.5, 0.6) is 0 Å². The van der Waals surface area contributed by atoms with Gasteiger partial charge in [0, 0.05) is 17.8 Å². The topological polar surface area (TPSA) is 54.0 Å². The molecule has 4 nitrogen and oxygen atoms in total. The molecule has 0 saturated carbocycles. The van der Waals surface area contributed by atoms with E-state index in [0.29, 0.717) is 11.6 Å². The molecule has 0 unspecified atom stereocenters. The van der Waals surface area contributed by atoms with E-state index >= 15 is 0 Å². The molecule has 0 spiro atoms. The van der Waals surface area contributed by atoms with Crippen molar-refractivity contribution in [3.8, 4) is 0 Å². The van der Waals surface area contributed by atoms with Crippen molar-refractivity contribution in [3.63, 3.8) is 0 Å². The van der Waals surface area contributed by atoms with Gasteiger partial charge in [0.1, 0.15) is 5.69 Å². The number of hydrogen-bond acceptors (Lipinski definition) is 4. The Morgan fingerprint density at radius 2 is 2.21 bits per heavy atom. The maximum absolute atomic E-state index is 12.1. The van der Waals surface area contributed by atoms with E-state index in [4.69, 9.17) is 0 Å². The molecule has 0 aliphatic carbocycles. The zero-order chi connectivity index (χ0) is 13.9. The average molecular weight is 281 g/mol. The molecule has 1 aromatic rings. The molecule has 0 atom stereocenters. The lowest BCUT2D eigenvalue weighted by Gasteiger charge is -2.34. The molecule has 1 fully saturated rings. The summed E-state index contributed by atoms with van der Waals surface area (Å²) >= 11 is 1.56. The van der Waals surface area contributed by atoms with Gasteiger partial charge in [-0.15, -0.1) is 11.3 Å². The van der Waals surface area contributed by atoms with Gasteiger partial charge in [-0.2, -0.15) is 0 Å². The SMILES string of the molecule is CC(C)c1nc(C(=O)NCC2(C)CCNCC2)cs1. The number of nitrogens with zero attached hydrogens (tertiary/aromatic N) is 1. The lowest BCUT2D eigenvalue weighted by atomic mass is 9.81. The van der Waals surface area contributed by atoms with Crippen LogP contribution in [0.25, 0.3) is 0 Å². The molecule has 1 aliphatic rings. The fourth-order valence-electron chi connectivity index (χ4n) is 2.25. The molecule has 1 aromatic heterocycles. The number of hydrogen-bond donors (Lipinski definition) is 2. The fourth-order valence-corrected chi connectivity index (χ4v) is 3.06. The summed E-state index contributed by atoms with van der Waals surface area (Å²) in [7, 11) is 0. The monoisotopic (exact) mass is 281 g/mol. The second-order valence-corrected chi connectivity index (χ2v) is 6.86. The van der Waals surface area contributed by atoms with E-state index in [2.05, 4.69) is 36.4 Å². The van der Waals surface area contributed by atoms with Crippen LogP contribution in [0, 0.1) is 5.41 Å². The third-order valence-corrected chi connectivity index (χ3v) is 4.88. The Balaban J connectivity index is 1.89. The van der Waals surface area contributed by atoms with Crippen molar-refractivity contribution >= 4 is 17.2 Å². The van der Waals surface area contributed by atoms with E-state index in [0.717, 1.165) is 37.5 Å². The van der Waals surface area contributed by atoms with Crippen LogP contribution >= 0.6 is 11.3 Å². The highest BCUT2D eigenvalue weighted by Crippen LogP contribution is 2.27. The van der Waals surface area contributed by atoms with Crippen LogP contribution in [-0.4, -0.2) is 30.5 Å². The first kappa shape index (κ1) is 14.5. The predicted octanol–water partition coefficient (Wildman–Crippen LogP) is 2.39. The van der Waals surface area contributed by atoms with Crippen molar-refractivity contribution in [2.75, 3.05) is 19.6 Å². The van der Waals surface area contributed by atoms with Crippen LogP contribution in [-0.2, 0) is 0 Å². The van der Waals surface area contributed by atoms with Crippen molar-refractivity contribution in [2.45, 2.75) is 39.5 Å². The number of amides is 1. The summed E-state index contributed by atoms with van der Waals surface area (Å²) in [6.07, 6.45) is 2.23. The maximum atomic E-state index is 12.1. The van der Waals surface area contributed by atoms with Gasteiger partial charge in [-0.25, -0.2) is 4.98 Å². The van der Waals surface area contributed by atoms with Gasteiger partial charge in [0.15, 0.2) is 0 Å². The standard InChI is InChI=1S/C14H23N3OS/c1-10(2)13-17-11(8-19-13)12(18)16-9-14(3)4-6-15-7-5-14/h8,10,15H,4-7,9H2,1-3H3,(H,16,18). The summed E-state index contributed by atoms with van der Waals surface area (Å²) in [6, 6.07) is 0. The second kappa shape index (κ2) is 6.01. The first-order valence-electron chi connectivity index (χ1n) is 6.94. The van der Waals surface area contributed by atoms with Crippen LogP contribution in [0.15, 0.2) is 5.38 Å². The third-order valence-electron chi connectivity index (χ3n) is 3.73. The molecule has 0 aromatic carbocycles. The lowest BCUT2D eigenvalue weighted by molar-refractivity contribution is 0.0918. The summed E-state index contributed by atoms with van der Waals surface area (Å²) in [6.45, 7) is 9.26. The molecule has 1 saturated heterocycles. The average Bonchev–Trinajstić information content (AvgIpc) is 2.87. The molecular weight excluding hydrogens is 258 g/mol. The first-order valence-corrected chi connectivity index (χ1v) is 7.82. The molecule has 5 heteroatoms. The molecule has 1 aliphatic heterocycles. The summed E-state index contributed by atoms with van der Waals surface area (Å²) in [4.78, 5) is 16.5. The van der Waals surface area contributed by atoms with Crippen molar-refractivity contribution in [1.29, 1.82) is 0 Å². The molecule has 0 radical (unpaired) electrons. The minimum absolute atomic E-state index is 0.0390. The molecule has 2 N–H and O–H groups in total. The Labute approximate surface area is 119 Å². The Kier molecular flexibility index (Phi) is 4.58. The van der Waals surface area contributed by atoms with Gasteiger partial charge in [-0.3, -0.25) is 4.79 Å². The Morgan fingerprint density at radius 1 is 1.53 bits per heavy atom. The number of piperidine rings is 1. The zero-order valence-corrected chi connectivity index (χ0v) is 12.8. The van der Waals surface area contributed by atoms with Crippen LogP contribution < -0.4 is 10.6 Å². The zero-order valence-electron chi connectivity index (χ0n) is 12.0. The third kappa shape index (κ3) is 3.76. The molecule has 2 heterocycles. The van der Waals surface area contributed by atoms with E-state index < -0.39 is 0 Å². The smallest absolute Gasteiger partial charge is 0.270 e. The van der Waals surface area contributed by atoms with Gasteiger partial charge in [0.2, 0.25) is 0 Å². The van der Waals surface area contributed by atoms with E-state index in [-0.39, 0.29) is 11.3 Å². The van der Waals surface area contributed by atoms with E-state index in [9.17, 15) is 4.79 Å². The van der Waals surface area contributed by atoms with Crippen LogP contribution in [0.4, 0.5) is 0 Å². The van der Waals surface area contributed by atoms with Crippen molar-refractivity contribution in [2.24, 2.45) is 5.41 Å². The molecule has 19 heavy (non-hydrogen) atoms. The van der Waals surface area contributed by atoms with Crippen LogP contribution in [0.2, 0.25) is 0 Å². The fraction of sp³-hybridized carbons (Fsp3) is 0.714. The van der Waals surface area contributed by atoms with Gasteiger partial charge < -0.3 is 10.6 Å². The minimum Gasteiger partial charge on any atom is -0.350 e. The molecule has 1 amide bonds. The lowest BCUT2D eigenvalue weighted by Crippen LogP contribution is -2.42. The largest absolute Gasteiger partial charge is 0.350 e. The van der Waals surface area contributed by atoms with E-state index in [1.165, 1.54) is 0 Å². The summed E-state index contributed by atoms with van der Waals surface area (Å²) in [5.74, 6) is 0.344. The summed E-state index contributed by atoms with van der Waals surface area (Å²) in [5.41, 5.74) is 0.781.